The van der Waals surface area contributed by atoms with Crippen molar-refractivity contribution in [1.82, 2.24) is 4.72 Å². The molecule has 4 nitrogen and oxygen atoms in total. The van der Waals surface area contributed by atoms with Crippen molar-refractivity contribution in [3.63, 3.8) is 0 Å². The Kier molecular flexibility index (Phi) is 4.35. The quantitative estimate of drug-likeness (QED) is 0.878. The van der Waals surface area contributed by atoms with Crippen molar-refractivity contribution in [3.8, 4) is 0 Å². The topological polar surface area (TPSA) is 66.4 Å². The molecule has 0 aliphatic heterocycles. The van der Waals surface area contributed by atoms with Gasteiger partial charge in [0, 0.05) is 10.5 Å². The third-order valence-electron chi connectivity index (χ3n) is 3.52. The Morgan fingerprint density at radius 3 is 2.58 bits per heavy atom. The molecule has 0 spiro atoms. The molecule has 0 bridgehead atoms. The molecule has 2 rings (SSSR count). The molecule has 1 aliphatic carbocycles. The zero-order valence-corrected chi connectivity index (χ0v) is 13.4. The summed E-state index contributed by atoms with van der Waals surface area (Å²) in [5.41, 5.74) is 1.25. The van der Waals surface area contributed by atoms with E-state index in [1.807, 2.05) is 0 Å². The fourth-order valence-electron chi connectivity index (χ4n) is 2.36. The predicted molar refractivity (Wildman–Crippen MR) is 77.3 cm³/mol. The van der Waals surface area contributed by atoms with Gasteiger partial charge in [-0.3, -0.25) is 0 Å². The van der Waals surface area contributed by atoms with Crippen LogP contribution in [-0.2, 0) is 16.6 Å². The van der Waals surface area contributed by atoms with Crippen LogP contribution in [0.5, 0.6) is 0 Å². The molecular weight excluding hydrogens is 330 g/mol. The summed E-state index contributed by atoms with van der Waals surface area (Å²) in [4.78, 5) is 0.241. The first-order valence-electron chi connectivity index (χ1n) is 6.25. The fraction of sp³-hybridized carbons (Fsp3) is 0.538. The highest BCUT2D eigenvalue weighted by Crippen LogP contribution is 2.30. The van der Waals surface area contributed by atoms with Gasteiger partial charge in [0.05, 0.1) is 11.5 Å². The Morgan fingerprint density at radius 1 is 1.42 bits per heavy atom. The molecule has 0 unspecified atom stereocenters. The lowest BCUT2D eigenvalue weighted by Gasteiger charge is -2.33. The number of aliphatic hydroxyl groups is 1. The number of halogens is 1. The number of rotatable bonds is 4. The first-order chi connectivity index (χ1) is 8.83. The van der Waals surface area contributed by atoms with Crippen molar-refractivity contribution < 1.29 is 13.5 Å². The van der Waals surface area contributed by atoms with Gasteiger partial charge in [0.15, 0.2) is 0 Å². The molecule has 106 valence electrons. The van der Waals surface area contributed by atoms with Crippen molar-refractivity contribution in [2.24, 2.45) is 5.92 Å². The highest BCUT2D eigenvalue weighted by atomic mass is 79.9. The van der Waals surface area contributed by atoms with Crippen molar-refractivity contribution in [2.75, 3.05) is 0 Å². The third kappa shape index (κ3) is 3.18. The lowest BCUT2D eigenvalue weighted by atomic mass is 9.83. The molecular formula is C13H18BrNO3S. The minimum atomic E-state index is -3.52. The second-order valence-electron chi connectivity index (χ2n) is 5.25. The maximum Gasteiger partial charge on any atom is 0.241 e. The zero-order valence-electron chi connectivity index (χ0n) is 11.0. The lowest BCUT2D eigenvalue weighted by Crippen LogP contribution is -2.43. The molecule has 1 aromatic carbocycles. The lowest BCUT2D eigenvalue weighted by molar-refractivity contribution is 0.270. The number of nitrogens with one attached hydrogen (secondary N) is 1. The van der Waals surface area contributed by atoms with Crippen LogP contribution in [0.1, 0.15) is 30.9 Å². The second kappa shape index (κ2) is 5.52. The molecule has 1 aromatic rings. The average molecular weight is 348 g/mol. The van der Waals surface area contributed by atoms with E-state index in [-0.39, 0.29) is 17.5 Å². The van der Waals surface area contributed by atoms with Crippen molar-refractivity contribution in [1.29, 1.82) is 0 Å². The van der Waals surface area contributed by atoms with Crippen LogP contribution in [-0.4, -0.2) is 19.6 Å². The maximum atomic E-state index is 12.4. The molecule has 0 amide bonds. The monoisotopic (exact) mass is 347 g/mol. The SMILES string of the molecule is Cc1c(Br)cc(CO)cc1S(=O)(=O)NC1CC(C)C1. The fourth-order valence-corrected chi connectivity index (χ4v) is 4.58. The molecule has 1 saturated carbocycles. The van der Waals surface area contributed by atoms with Crippen molar-refractivity contribution in [2.45, 2.75) is 44.2 Å². The number of sulfonamides is 1. The second-order valence-corrected chi connectivity index (χ2v) is 7.79. The molecule has 0 atom stereocenters. The predicted octanol–water partition coefficient (Wildman–Crippen LogP) is 2.33. The summed E-state index contributed by atoms with van der Waals surface area (Å²) >= 11 is 3.33. The van der Waals surface area contributed by atoms with E-state index in [1.165, 1.54) is 6.07 Å². The highest BCUT2D eigenvalue weighted by molar-refractivity contribution is 9.10. The van der Waals surface area contributed by atoms with Gasteiger partial charge in [0.2, 0.25) is 10.0 Å². The number of hydrogen-bond acceptors (Lipinski definition) is 3. The maximum absolute atomic E-state index is 12.4. The number of aliphatic hydroxyl groups excluding tert-OH is 1. The van der Waals surface area contributed by atoms with Crippen LogP contribution >= 0.6 is 15.9 Å². The Morgan fingerprint density at radius 2 is 2.05 bits per heavy atom. The molecule has 0 radical (unpaired) electrons. The van der Waals surface area contributed by atoms with Crippen LogP contribution in [0.25, 0.3) is 0 Å². The van der Waals surface area contributed by atoms with Gasteiger partial charge in [-0.05, 0) is 48.9 Å². The summed E-state index contributed by atoms with van der Waals surface area (Å²) in [5, 5.41) is 9.18. The number of benzene rings is 1. The molecule has 2 N–H and O–H groups in total. The largest absolute Gasteiger partial charge is 0.392 e. The zero-order chi connectivity index (χ0) is 14.2. The summed E-state index contributed by atoms with van der Waals surface area (Å²) in [6, 6.07) is 3.31. The van der Waals surface area contributed by atoms with Gasteiger partial charge >= 0.3 is 0 Å². The molecule has 1 fully saturated rings. The van der Waals surface area contributed by atoms with E-state index in [9.17, 15) is 13.5 Å². The standard InChI is InChI=1S/C13H18BrNO3S/c1-8-3-11(4-8)15-19(17,18)13-6-10(7-16)5-12(14)9(13)2/h5-6,8,11,15-16H,3-4,7H2,1-2H3. The van der Waals surface area contributed by atoms with Crippen LogP contribution < -0.4 is 4.72 Å². The van der Waals surface area contributed by atoms with Gasteiger partial charge in [0.1, 0.15) is 0 Å². The minimum Gasteiger partial charge on any atom is -0.392 e. The van der Waals surface area contributed by atoms with Gasteiger partial charge in [-0.2, -0.15) is 0 Å². The normalized spacial score (nSPS) is 23.2. The van der Waals surface area contributed by atoms with E-state index in [0.29, 0.717) is 21.5 Å². The molecule has 6 heteroatoms. The first-order valence-corrected chi connectivity index (χ1v) is 8.53. The van der Waals surface area contributed by atoms with E-state index < -0.39 is 10.0 Å². The summed E-state index contributed by atoms with van der Waals surface area (Å²) in [6.45, 7) is 3.68. The van der Waals surface area contributed by atoms with Crippen LogP contribution in [0.15, 0.2) is 21.5 Å². The third-order valence-corrected chi connectivity index (χ3v) is 5.99. The molecule has 0 saturated heterocycles. The molecule has 1 aliphatic rings. The van der Waals surface area contributed by atoms with Crippen LogP contribution in [0.3, 0.4) is 0 Å². The smallest absolute Gasteiger partial charge is 0.241 e. The number of hydrogen-bond donors (Lipinski definition) is 2. The molecule has 0 heterocycles. The highest BCUT2D eigenvalue weighted by Gasteiger charge is 2.30. The Balaban J connectivity index is 2.31. The Bertz CT molecular complexity index is 580. The summed E-state index contributed by atoms with van der Waals surface area (Å²) in [6.07, 6.45) is 1.78. The summed E-state index contributed by atoms with van der Waals surface area (Å²) in [5.74, 6) is 0.587. The van der Waals surface area contributed by atoms with Crippen molar-refractivity contribution >= 4 is 26.0 Å². The van der Waals surface area contributed by atoms with E-state index in [4.69, 9.17) is 0 Å². The van der Waals surface area contributed by atoms with E-state index in [0.717, 1.165) is 12.8 Å². The van der Waals surface area contributed by atoms with E-state index in [2.05, 4.69) is 27.6 Å². The summed E-state index contributed by atoms with van der Waals surface area (Å²) < 4.78 is 28.2. The van der Waals surface area contributed by atoms with Gasteiger partial charge < -0.3 is 5.11 Å². The molecule has 0 aromatic heterocycles. The van der Waals surface area contributed by atoms with Gasteiger partial charge in [-0.25, -0.2) is 13.1 Å². The van der Waals surface area contributed by atoms with Crippen molar-refractivity contribution in [3.05, 3.63) is 27.7 Å². The van der Waals surface area contributed by atoms with E-state index in [1.54, 1.807) is 13.0 Å². The Hall–Kier alpha value is -0.430. The first kappa shape index (κ1) is 15.0. The minimum absolute atomic E-state index is 0.0379. The molecule has 19 heavy (non-hydrogen) atoms. The van der Waals surface area contributed by atoms with Crippen LogP contribution in [0, 0.1) is 12.8 Å². The Labute approximate surface area is 122 Å². The van der Waals surface area contributed by atoms with Gasteiger partial charge in [-0.1, -0.05) is 22.9 Å². The average Bonchev–Trinajstić information content (AvgIpc) is 2.30. The van der Waals surface area contributed by atoms with Gasteiger partial charge in [-0.15, -0.1) is 0 Å². The van der Waals surface area contributed by atoms with E-state index >= 15 is 0 Å². The van der Waals surface area contributed by atoms with Crippen LogP contribution in [0.4, 0.5) is 0 Å². The van der Waals surface area contributed by atoms with Crippen LogP contribution in [0.2, 0.25) is 0 Å². The van der Waals surface area contributed by atoms with Gasteiger partial charge in [0.25, 0.3) is 0 Å². The summed E-state index contributed by atoms with van der Waals surface area (Å²) in [7, 11) is -3.52.